The Hall–Kier alpha value is -2.97. The molecule has 2 heterocycles. The normalized spacial score (nSPS) is 15.1. The Balaban J connectivity index is 1.77. The van der Waals surface area contributed by atoms with Crippen molar-refractivity contribution in [1.29, 1.82) is 0 Å². The number of aryl methyl sites for hydroxylation is 1. The molecule has 1 N–H and O–H groups in total. The van der Waals surface area contributed by atoms with Gasteiger partial charge in [-0.05, 0) is 56.2 Å². The number of benzene rings is 2. The van der Waals surface area contributed by atoms with Crippen LogP contribution in [0.4, 0.5) is 11.4 Å². The van der Waals surface area contributed by atoms with Gasteiger partial charge in [0.25, 0.3) is 10.1 Å². The first-order chi connectivity index (χ1) is 13.8. The maximum absolute atomic E-state index is 12.1. The summed E-state index contributed by atoms with van der Waals surface area (Å²) in [4.78, 5) is 10.1. The van der Waals surface area contributed by atoms with Gasteiger partial charge in [0.05, 0.1) is 11.4 Å². The summed E-state index contributed by atoms with van der Waals surface area (Å²) in [6.45, 7) is 3.90. The molecule has 0 saturated heterocycles. The molecule has 2 aromatic carbocycles. The van der Waals surface area contributed by atoms with E-state index in [2.05, 4.69) is 9.97 Å². The van der Waals surface area contributed by atoms with E-state index in [0.29, 0.717) is 11.5 Å². The predicted molar refractivity (Wildman–Crippen MR) is 110 cm³/mol. The van der Waals surface area contributed by atoms with Crippen molar-refractivity contribution >= 4 is 21.5 Å². The van der Waals surface area contributed by atoms with Crippen LogP contribution in [0.15, 0.2) is 60.9 Å². The molecular weight excluding hydrogens is 390 g/mol. The number of hydrogen-bond donors (Lipinski definition) is 1. The van der Waals surface area contributed by atoms with Crippen LogP contribution >= 0.6 is 0 Å². The maximum Gasteiger partial charge on any atom is 0.275 e. The molecule has 29 heavy (non-hydrogen) atoms. The van der Waals surface area contributed by atoms with Gasteiger partial charge in [0.1, 0.15) is 11.1 Å². The van der Waals surface area contributed by atoms with Crippen molar-refractivity contribution in [3.8, 4) is 11.5 Å². The lowest BCUT2D eigenvalue weighted by Crippen LogP contribution is -2.34. The van der Waals surface area contributed by atoms with Crippen LogP contribution in [0.3, 0.4) is 0 Å². The predicted octanol–water partition coefficient (Wildman–Crippen LogP) is 4.44. The highest BCUT2D eigenvalue weighted by Gasteiger charge is 2.35. The summed E-state index contributed by atoms with van der Waals surface area (Å²) in [5, 5.41) is -1.23. The van der Waals surface area contributed by atoms with Crippen molar-refractivity contribution < 1.29 is 17.7 Å². The van der Waals surface area contributed by atoms with E-state index in [9.17, 15) is 13.0 Å². The zero-order chi connectivity index (χ0) is 20.6. The number of hydrogen-bond acceptors (Lipinski definition) is 6. The zero-order valence-electron chi connectivity index (χ0n) is 16.1. The first-order valence-corrected chi connectivity index (χ1v) is 10.7. The fourth-order valence-corrected chi connectivity index (χ4v) is 4.53. The Morgan fingerprint density at radius 2 is 1.72 bits per heavy atom. The van der Waals surface area contributed by atoms with Crippen molar-refractivity contribution in [3.63, 3.8) is 0 Å². The number of fused-ring (bicyclic) bond motifs is 2. The molecule has 150 valence electrons. The standard InChI is InChI=1S/C21H21N3O4S/c1-14-8-9-19-17(12-14)24(16-6-3-4-7-18(16)28-19)15(2)13-20(29(25,26)27)21-22-10-5-11-23-21/h3-12,15,20H,13H2,1-2H3,(H,25,26,27). The van der Waals surface area contributed by atoms with Crippen LogP contribution in [0.5, 0.6) is 11.5 Å². The summed E-state index contributed by atoms with van der Waals surface area (Å²) in [7, 11) is -4.40. The number of aromatic nitrogens is 2. The van der Waals surface area contributed by atoms with Crippen molar-refractivity contribution in [2.24, 2.45) is 0 Å². The van der Waals surface area contributed by atoms with Gasteiger partial charge in [0.15, 0.2) is 11.5 Å². The summed E-state index contributed by atoms with van der Waals surface area (Å²) in [6.07, 6.45) is 3.03. The van der Waals surface area contributed by atoms with E-state index >= 15 is 0 Å². The molecule has 0 spiro atoms. The molecule has 3 aromatic rings. The Kier molecular flexibility index (Phi) is 4.97. The van der Waals surface area contributed by atoms with Crippen LogP contribution in [0.1, 0.15) is 30.0 Å². The minimum Gasteiger partial charge on any atom is -0.453 e. The van der Waals surface area contributed by atoms with Crippen LogP contribution in [-0.2, 0) is 10.1 Å². The Morgan fingerprint density at radius 3 is 2.45 bits per heavy atom. The highest BCUT2D eigenvalue weighted by Crippen LogP contribution is 2.48. The van der Waals surface area contributed by atoms with E-state index in [-0.39, 0.29) is 18.3 Å². The first kappa shape index (κ1) is 19.4. The second-order valence-electron chi connectivity index (χ2n) is 7.11. The highest BCUT2D eigenvalue weighted by atomic mass is 32.2. The number of anilines is 2. The molecule has 2 atom stereocenters. The van der Waals surface area contributed by atoms with Gasteiger partial charge in [-0.1, -0.05) is 18.2 Å². The molecule has 0 radical (unpaired) electrons. The van der Waals surface area contributed by atoms with Crippen molar-refractivity contribution in [3.05, 3.63) is 72.3 Å². The number of rotatable bonds is 5. The van der Waals surface area contributed by atoms with Gasteiger partial charge in [-0.15, -0.1) is 0 Å². The number of ether oxygens (including phenoxy) is 1. The lowest BCUT2D eigenvalue weighted by molar-refractivity contribution is 0.445. The van der Waals surface area contributed by atoms with Gasteiger partial charge in [0.2, 0.25) is 0 Å². The van der Waals surface area contributed by atoms with E-state index in [0.717, 1.165) is 16.9 Å². The summed E-state index contributed by atoms with van der Waals surface area (Å²) >= 11 is 0. The highest BCUT2D eigenvalue weighted by molar-refractivity contribution is 7.86. The van der Waals surface area contributed by atoms with Crippen LogP contribution in [0.2, 0.25) is 0 Å². The van der Waals surface area contributed by atoms with E-state index in [1.165, 1.54) is 12.4 Å². The summed E-state index contributed by atoms with van der Waals surface area (Å²) < 4.78 is 40.2. The molecule has 2 unspecified atom stereocenters. The van der Waals surface area contributed by atoms with Crippen molar-refractivity contribution in [2.45, 2.75) is 31.6 Å². The first-order valence-electron chi connectivity index (χ1n) is 9.24. The molecule has 1 aromatic heterocycles. The molecule has 1 aliphatic rings. The molecule has 4 rings (SSSR count). The second-order valence-corrected chi connectivity index (χ2v) is 8.71. The van der Waals surface area contributed by atoms with Crippen LogP contribution in [0, 0.1) is 6.92 Å². The molecular formula is C21H21N3O4S. The lowest BCUT2D eigenvalue weighted by Gasteiger charge is -2.38. The quantitative estimate of drug-likeness (QED) is 0.621. The van der Waals surface area contributed by atoms with Crippen molar-refractivity contribution in [1.82, 2.24) is 9.97 Å². The topological polar surface area (TPSA) is 92.6 Å². The van der Waals surface area contributed by atoms with Crippen LogP contribution < -0.4 is 9.64 Å². The average Bonchev–Trinajstić information content (AvgIpc) is 2.70. The van der Waals surface area contributed by atoms with Crippen molar-refractivity contribution in [2.75, 3.05) is 4.90 Å². The molecule has 1 aliphatic heterocycles. The summed E-state index contributed by atoms with van der Waals surface area (Å²) in [5.41, 5.74) is 2.74. The minimum atomic E-state index is -4.40. The van der Waals surface area contributed by atoms with Crippen LogP contribution in [-0.4, -0.2) is 29.0 Å². The molecule has 0 amide bonds. The Morgan fingerprint density at radius 1 is 1.03 bits per heavy atom. The van der Waals surface area contributed by atoms with Gasteiger partial charge in [0, 0.05) is 18.4 Å². The monoisotopic (exact) mass is 411 g/mol. The fraction of sp³-hybridized carbons (Fsp3) is 0.238. The second kappa shape index (κ2) is 7.46. The third-order valence-corrected chi connectivity index (χ3v) is 6.07. The Bertz CT molecular complexity index is 1140. The molecule has 0 saturated carbocycles. The third-order valence-electron chi connectivity index (χ3n) is 4.95. The summed E-state index contributed by atoms with van der Waals surface area (Å²) in [6, 6.07) is 14.8. The van der Waals surface area contributed by atoms with E-state index in [4.69, 9.17) is 4.74 Å². The number of nitrogens with zero attached hydrogens (tertiary/aromatic N) is 3. The lowest BCUT2D eigenvalue weighted by atomic mass is 10.0. The minimum absolute atomic E-state index is 0.0767. The molecule has 0 aliphatic carbocycles. The Labute approximate surface area is 169 Å². The molecule has 7 nitrogen and oxygen atoms in total. The summed E-state index contributed by atoms with van der Waals surface area (Å²) in [5.74, 6) is 1.46. The van der Waals surface area contributed by atoms with Gasteiger partial charge in [-0.25, -0.2) is 9.97 Å². The molecule has 8 heteroatoms. The van der Waals surface area contributed by atoms with Gasteiger partial charge < -0.3 is 9.64 Å². The van der Waals surface area contributed by atoms with E-state index < -0.39 is 15.4 Å². The van der Waals surface area contributed by atoms with Gasteiger partial charge in [-0.3, -0.25) is 4.55 Å². The van der Waals surface area contributed by atoms with E-state index in [1.54, 1.807) is 6.07 Å². The van der Waals surface area contributed by atoms with Gasteiger partial charge in [-0.2, -0.15) is 8.42 Å². The third kappa shape index (κ3) is 3.81. The molecule has 0 bridgehead atoms. The zero-order valence-corrected chi connectivity index (χ0v) is 16.9. The average molecular weight is 411 g/mol. The SMILES string of the molecule is Cc1ccc2c(c1)N(C(C)CC(c1ncccn1)S(=O)(=O)O)c1ccccc1O2. The maximum atomic E-state index is 12.1. The van der Waals surface area contributed by atoms with Crippen LogP contribution in [0.25, 0.3) is 0 Å². The van der Waals surface area contributed by atoms with Gasteiger partial charge >= 0.3 is 0 Å². The largest absolute Gasteiger partial charge is 0.453 e. The van der Waals surface area contributed by atoms with E-state index in [1.807, 2.05) is 61.2 Å². The number of para-hydroxylation sites is 2. The smallest absolute Gasteiger partial charge is 0.275 e. The fourth-order valence-electron chi connectivity index (χ4n) is 3.62. The molecule has 0 fully saturated rings.